The van der Waals surface area contributed by atoms with Crippen molar-refractivity contribution < 1.29 is 4.74 Å². The van der Waals surface area contributed by atoms with Crippen molar-refractivity contribution in [1.29, 1.82) is 0 Å². The van der Waals surface area contributed by atoms with Crippen molar-refractivity contribution in [1.82, 2.24) is 0 Å². The van der Waals surface area contributed by atoms with Crippen LogP contribution in [0.3, 0.4) is 0 Å². The summed E-state index contributed by atoms with van der Waals surface area (Å²) in [6.45, 7) is 5.76. The zero-order valence-corrected chi connectivity index (χ0v) is 11.9. The predicted molar refractivity (Wildman–Crippen MR) is 80.5 cm³/mol. The van der Waals surface area contributed by atoms with Gasteiger partial charge in [-0.05, 0) is 25.0 Å². The second-order valence-electron chi connectivity index (χ2n) is 5.31. The number of benzene rings is 1. The van der Waals surface area contributed by atoms with E-state index in [1.165, 1.54) is 18.5 Å². The second kappa shape index (κ2) is 7.51. The fourth-order valence-corrected chi connectivity index (χ4v) is 2.86. The number of anilines is 1. The van der Waals surface area contributed by atoms with Crippen LogP contribution in [0.1, 0.15) is 26.2 Å². The van der Waals surface area contributed by atoms with Crippen molar-refractivity contribution in [3.63, 3.8) is 0 Å². The monoisotopic (exact) mass is 262 g/mol. The van der Waals surface area contributed by atoms with Gasteiger partial charge in [-0.3, -0.25) is 0 Å². The molecule has 2 atom stereocenters. The van der Waals surface area contributed by atoms with Crippen LogP contribution in [0.15, 0.2) is 30.3 Å². The minimum Gasteiger partial charge on any atom is -0.381 e. The van der Waals surface area contributed by atoms with Crippen LogP contribution >= 0.6 is 0 Å². The maximum atomic E-state index is 6.07. The standard InChI is InChI=1S/C16H26N2O/c1-2-3-10-18(15-7-5-4-6-8-15)16(12-17)14-9-11-19-13-14/h4-8,14,16H,2-3,9-13,17H2,1H3. The molecule has 1 fully saturated rings. The minimum atomic E-state index is 0.399. The first kappa shape index (κ1) is 14.4. The molecule has 2 rings (SSSR count). The van der Waals surface area contributed by atoms with E-state index >= 15 is 0 Å². The average molecular weight is 262 g/mol. The Morgan fingerprint density at radius 1 is 1.37 bits per heavy atom. The van der Waals surface area contributed by atoms with Crippen molar-refractivity contribution in [2.24, 2.45) is 11.7 Å². The van der Waals surface area contributed by atoms with Crippen molar-refractivity contribution in [3.05, 3.63) is 30.3 Å². The number of unbranched alkanes of at least 4 members (excludes halogenated alkanes) is 1. The maximum absolute atomic E-state index is 6.07. The Kier molecular flexibility index (Phi) is 5.67. The highest BCUT2D eigenvalue weighted by Gasteiger charge is 2.29. The van der Waals surface area contributed by atoms with E-state index in [1.54, 1.807) is 0 Å². The van der Waals surface area contributed by atoms with Crippen LogP contribution in [0, 0.1) is 5.92 Å². The molecule has 106 valence electrons. The molecule has 0 aromatic heterocycles. The Bertz CT molecular complexity index is 349. The molecule has 19 heavy (non-hydrogen) atoms. The van der Waals surface area contributed by atoms with Crippen LogP contribution in [-0.2, 0) is 4.74 Å². The third-order valence-electron chi connectivity index (χ3n) is 3.99. The summed E-state index contributed by atoms with van der Waals surface area (Å²) >= 11 is 0. The van der Waals surface area contributed by atoms with Crippen molar-refractivity contribution in [2.75, 3.05) is 31.2 Å². The van der Waals surface area contributed by atoms with E-state index < -0.39 is 0 Å². The topological polar surface area (TPSA) is 38.5 Å². The molecule has 1 heterocycles. The summed E-state index contributed by atoms with van der Waals surface area (Å²) in [5.41, 5.74) is 7.36. The molecule has 0 bridgehead atoms. The molecule has 1 aliphatic heterocycles. The van der Waals surface area contributed by atoms with E-state index in [0.717, 1.165) is 26.2 Å². The van der Waals surface area contributed by atoms with Crippen LogP contribution in [-0.4, -0.2) is 32.3 Å². The molecule has 0 spiro atoms. The number of nitrogens with two attached hydrogens (primary N) is 1. The lowest BCUT2D eigenvalue weighted by Crippen LogP contribution is -2.46. The van der Waals surface area contributed by atoms with Gasteiger partial charge in [-0.25, -0.2) is 0 Å². The van der Waals surface area contributed by atoms with Crippen molar-refractivity contribution in [3.8, 4) is 0 Å². The number of hydrogen-bond acceptors (Lipinski definition) is 3. The van der Waals surface area contributed by atoms with Gasteiger partial charge < -0.3 is 15.4 Å². The summed E-state index contributed by atoms with van der Waals surface area (Å²) in [5.74, 6) is 0.571. The third kappa shape index (κ3) is 3.71. The predicted octanol–water partition coefficient (Wildman–Crippen LogP) is 2.66. The van der Waals surface area contributed by atoms with Crippen LogP contribution in [0.4, 0.5) is 5.69 Å². The molecule has 3 nitrogen and oxygen atoms in total. The number of para-hydroxylation sites is 1. The molecule has 1 aliphatic rings. The lowest BCUT2D eigenvalue weighted by Gasteiger charge is -2.36. The van der Waals surface area contributed by atoms with Gasteiger partial charge >= 0.3 is 0 Å². The highest BCUT2D eigenvalue weighted by molar-refractivity contribution is 5.47. The van der Waals surface area contributed by atoms with Gasteiger partial charge in [0.2, 0.25) is 0 Å². The van der Waals surface area contributed by atoms with Crippen LogP contribution < -0.4 is 10.6 Å². The number of rotatable bonds is 7. The molecule has 1 aromatic rings. The fraction of sp³-hybridized carbons (Fsp3) is 0.625. The summed E-state index contributed by atoms with van der Waals surface area (Å²) in [6.07, 6.45) is 3.55. The van der Waals surface area contributed by atoms with Crippen LogP contribution in [0.2, 0.25) is 0 Å². The minimum absolute atomic E-state index is 0.399. The number of nitrogens with zero attached hydrogens (tertiary/aromatic N) is 1. The van der Waals surface area contributed by atoms with Crippen molar-refractivity contribution in [2.45, 2.75) is 32.2 Å². The maximum Gasteiger partial charge on any atom is 0.0515 e. The van der Waals surface area contributed by atoms with Gasteiger partial charge in [0.15, 0.2) is 0 Å². The molecule has 0 amide bonds. The van der Waals surface area contributed by atoms with Gasteiger partial charge in [-0.15, -0.1) is 0 Å². The summed E-state index contributed by atoms with van der Waals surface area (Å²) < 4.78 is 5.55. The largest absolute Gasteiger partial charge is 0.381 e. The Morgan fingerprint density at radius 3 is 2.74 bits per heavy atom. The van der Waals surface area contributed by atoms with E-state index in [1.807, 2.05) is 0 Å². The van der Waals surface area contributed by atoms with Gasteiger partial charge in [0.25, 0.3) is 0 Å². The Labute approximate surface area is 116 Å². The lowest BCUT2D eigenvalue weighted by molar-refractivity contribution is 0.180. The first-order valence-electron chi connectivity index (χ1n) is 7.46. The van der Waals surface area contributed by atoms with E-state index in [9.17, 15) is 0 Å². The summed E-state index contributed by atoms with van der Waals surface area (Å²) in [7, 11) is 0. The van der Waals surface area contributed by atoms with Crippen molar-refractivity contribution >= 4 is 5.69 Å². The smallest absolute Gasteiger partial charge is 0.0515 e. The second-order valence-corrected chi connectivity index (χ2v) is 5.31. The SMILES string of the molecule is CCCCN(c1ccccc1)C(CN)C1CCOC1. The van der Waals surface area contributed by atoms with Gasteiger partial charge in [-0.2, -0.15) is 0 Å². The molecule has 2 unspecified atom stereocenters. The lowest BCUT2D eigenvalue weighted by atomic mass is 9.96. The molecule has 2 N–H and O–H groups in total. The molecular weight excluding hydrogens is 236 g/mol. The van der Waals surface area contributed by atoms with Gasteiger partial charge in [0, 0.05) is 37.3 Å². The van der Waals surface area contributed by atoms with E-state index in [0.29, 0.717) is 18.5 Å². The quantitative estimate of drug-likeness (QED) is 0.821. The van der Waals surface area contributed by atoms with E-state index in [-0.39, 0.29) is 0 Å². The molecule has 3 heteroatoms. The Morgan fingerprint density at radius 2 is 2.16 bits per heavy atom. The highest BCUT2D eigenvalue weighted by atomic mass is 16.5. The highest BCUT2D eigenvalue weighted by Crippen LogP contribution is 2.26. The Balaban J connectivity index is 2.14. The van der Waals surface area contributed by atoms with Gasteiger partial charge in [-0.1, -0.05) is 31.5 Å². The summed E-state index contributed by atoms with van der Waals surface area (Å²) in [5, 5.41) is 0. The number of hydrogen-bond donors (Lipinski definition) is 1. The fourth-order valence-electron chi connectivity index (χ4n) is 2.86. The Hall–Kier alpha value is -1.06. The van der Waals surface area contributed by atoms with Crippen LogP contribution in [0.5, 0.6) is 0 Å². The summed E-state index contributed by atoms with van der Waals surface area (Å²) in [4.78, 5) is 2.49. The molecule has 1 saturated heterocycles. The zero-order chi connectivity index (χ0) is 13.5. The number of ether oxygens (including phenoxy) is 1. The van der Waals surface area contributed by atoms with E-state index in [4.69, 9.17) is 10.5 Å². The normalized spacial score (nSPS) is 20.4. The molecule has 0 radical (unpaired) electrons. The first-order chi connectivity index (χ1) is 9.36. The molecule has 0 saturated carbocycles. The van der Waals surface area contributed by atoms with E-state index in [2.05, 4.69) is 42.2 Å². The van der Waals surface area contributed by atoms with Gasteiger partial charge in [0.05, 0.1) is 6.61 Å². The summed E-state index contributed by atoms with van der Waals surface area (Å²) in [6, 6.07) is 11.1. The van der Waals surface area contributed by atoms with Crippen LogP contribution in [0.25, 0.3) is 0 Å². The third-order valence-corrected chi connectivity index (χ3v) is 3.99. The molecule has 0 aliphatic carbocycles. The average Bonchev–Trinajstić information content (AvgIpc) is 2.98. The first-order valence-corrected chi connectivity index (χ1v) is 7.46. The molecular formula is C16H26N2O. The zero-order valence-electron chi connectivity index (χ0n) is 11.9. The van der Waals surface area contributed by atoms with Gasteiger partial charge in [0.1, 0.15) is 0 Å². The molecule has 1 aromatic carbocycles.